The molecule has 2 aromatic carbocycles. The summed E-state index contributed by atoms with van der Waals surface area (Å²) in [6.45, 7) is 1.75. The first-order valence-electron chi connectivity index (χ1n) is 8.94. The maximum Gasteiger partial charge on any atom is 0.224 e. The highest BCUT2D eigenvalue weighted by Crippen LogP contribution is 2.28. The van der Waals surface area contributed by atoms with Crippen LogP contribution in [-0.4, -0.2) is 18.5 Å². The minimum atomic E-state index is -3.92. The van der Waals surface area contributed by atoms with E-state index in [1.54, 1.807) is 37.3 Å². The Balaban J connectivity index is 1.89. The van der Waals surface area contributed by atoms with E-state index in [0.29, 0.717) is 12.0 Å². The normalized spacial score (nSPS) is 13.0. The first-order valence-corrected chi connectivity index (χ1v) is 10.4. The third-order valence-electron chi connectivity index (χ3n) is 4.41. The first-order chi connectivity index (χ1) is 13.8. The predicted molar refractivity (Wildman–Crippen MR) is 107 cm³/mol. The number of rotatable bonds is 6. The maximum absolute atomic E-state index is 13.7. The molecular formula is C22H19F2NO3S. The Labute approximate surface area is 168 Å². The molecule has 3 aromatic rings. The van der Waals surface area contributed by atoms with Gasteiger partial charge in [0.05, 0.1) is 11.0 Å². The van der Waals surface area contributed by atoms with Crippen LogP contribution in [0.25, 0.3) is 12.2 Å². The summed E-state index contributed by atoms with van der Waals surface area (Å²) in [5.41, 5.74) is 1.11. The van der Waals surface area contributed by atoms with Crippen molar-refractivity contribution < 1.29 is 22.3 Å². The Bertz CT molecular complexity index is 1140. The summed E-state index contributed by atoms with van der Waals surface area (Å²) >= 11 is 0. The molecular weight excluding hydrogens is 396 g/mol. The second kappa shape index (κ2) is 8.63. The average Bonchev–Trinajstić information content (AvgIpc) is 2.73. The van der Waals surface area contributed by atoms with E-state index < -0.39 is 27.6 Å². The van der Waals surface area contributed by atoms with Crippen molar-refractivity contribution in [2.45, 2.75) is 29.4 Å². The number of benzene rings is 2. The molecule has 0 fully saturated rings. The Morgan fingerprint density at radius 3 is 2.45 bits per heavy atom. The van der Waals surface area contributed by atoms with Crippen molar-refractivity contribution >= 4 is 22.0 Å². The molecule has 1 aromatic heterocycles. The first kappa shape index (κ1) is 20.8. The smallest absolute Gasteiger partial charge is 0.224 e. The molecule has 7 heteroatoms. The fourth-order valence-corrected chi connectivity index (χ4v) is 4.23. The van der Waals surface area contributed by atoms with Gasteiger partial charge in [-0.15, -0.1) is 0 Å². The number of pyridine rings is 1. The van der Waals surface area contributed by atoms with Crippen molar-refractivity contribution in [1.29, 1.82) is 0 Å². The summed E-state index contributed by atoms with van der Waals surface area (Å²) in [4.78, 5) is 4.01. The summed E-state index contributed by atoms with van der Waals surface area (Å²) in [5, 5.41) is 9.94. The van der Waals surface area contributed by atoms with E-state index in [9.17, 15) is 22.3 Å². The van der Waals surface area contributed by atoms with Gasteiger partial charge in [0, 0.05) is 23.4 Å². The Morgan fingerprint density at radius 1 is 1.07 bits per heavy atom. The van der Waals surface area contributed by atoms with Gasteiger partial charge >= 0.3 is 0 Å². The van der Waals surface area contributed by atoms with Crippen LogP contribution in [-0.2, 0) is 9.84 Å². The largest absolute Gasteiger partial charge is 0.388 e. The van der Waals surface area contributed by atoms with Crippen LogP contribution in [0.2, 0.25) is 0 Å². The van der Waals surface area contributed by atoms with Crippen molar-refractivity contribution in [1.82, 2.24) is 4.98 Å². The molecule has 150 valence electrons. The number of hydrogen-bond acceptors (Lipinski definition) is 4. The van der Waals surface area contributed by atoms with Gasteiger partial charge in [-0.2, -0.15) is 0 Å². The lowest BCUT2D eigenvalue weighted by atomic mass is 10.1. The monoisotopic (exact) mass is 415 g/mol. The number of aliphatic hydroxyl groups excluding tert-OH is 1. The summed E-state index contributed by atoms with van der Waals surface area (Å²) in [6.07, 6.45) is 3.87. The molecule has 1 atom stereocenters. The highest BCUT2D eigenvalue weighted by molar-refractivity contribution is 7.91. The number of nitrogens with zero attached hydrogens (tertiary/aromatic N) is 1. The minimum absolute atomic E-state index is 0.0332. The van der Waals surface area contributed by atoms with Gasteiger partial charge in [-0.3, -0.25) is 0 Å². The number of aliphatic hydroxyl groups is 1. The molecule has 0 aliphatic rings. The Hall–Kier alpha value is -2.90. The lowest BCUT2D eigenvalue weighted by Crippen LogP contribution is -2.10. The van der Waals surface area contributed by atoms with Crippen LogP contribution in [0.1, 0.15) is 36.1 Å². The van der Waals surface area contributed by atoms with Crippen LogP contribution in [0.15, 0.2) is 70.7 Å². The second-order valence-corrected chi connectivity index (χ2v) is 8.26. The fourth-order valence-electron chi connectivity index (χ4n) is 2.79. The van der Waals surface area contributed by atoms with Crippen molar-refractivity contribution in [3.05, 3.63) is 89.1 Å². The molecule has 0 bridgehead atoms. The molecule has 3 rings (SSSR count). The van der Waals surface area contributed by atoms with E-state index in [4.69, 9.17) is 0 Å². The third kappa shape index (κ3) is 4.58. The number of hydrogen-bond donors (Lipinski definition) is 1. The molecule has 1 unspecified atom stereocenters. The van der Waals surface area contributed by atoms with E-state index in [1.165, 1.54) is 30.5 Å². The molecule has 0 aliphatic heterocycles. The fraction of sp³-hybridized carbons (Fsp3) is 0.136. The van der Waals surface area contributed by atoms with Crippen molar-refractivity contribution in [2.75, 3.05) is 0 Å². The highest BCUT2D eigenvalue weighted by atomic mass is 32.2. The zero-order chi connectivity index (χ0) is 21.0. The topological polar surface area (TPSA) is 67.3 Å². The minimum Gasteiger partial charge on any atom is -0.388 e. The van der Waals surface area contributed by atoms with E-state index in [2.05, 4.69) is 4.98 Å². The molecule has 1 heterocycles. The van der Waals surface area contributed by atoms with Gasteiger partial charge in [0.1, 0.15) is 11.6 Å². The van der Waals surface area contributed by atoms with Crippen LogP contribution in [0.5, 0.6) is 0 Å². The van der Waals surface area contributed by atoms with E-state index in [0.717, 1.165) is 12.1 Å². The highest BCUT2D eigenvalue weighted by Gasteiger charge is 2.25. The number of halogens is 2. The summed E-state index contributed by atoms with van der Waals surface area (Å²) in [7, 11) is -3.92. The van der Waals surface area contributed by atoms with E-state index in [1.807, 2.05) is 0 Å². The quantitative estimate of drug-likeness (QED) is 0.587. The van der Waals surface area contributed by atoms with Crippen LogP contribution >= 0.6 is 0 Å². The van der Waals surface area contributed by atoms with Crippen LogP contribution in [0.3, 0.4) is 0 Å². The van der Waals surface area contributed by atoms with Gasteiger partial charge in [0.25, 0.3) is 0 Å². The van der Waals surface area contributed by atoms with Gasteiger partial charge in [-0.1, -0.05) is 37.3 Å². The molecule has 0 saturated heterocycles. The SMILES string of the molecule is CCC(O)c1cccnc1S(=O)(=O)c1ccc(/C=C/c2ccc(F)cc2F)cc1. The van der Waals surface area contributed by atoms with E-state index in [-0.39, 0.29) is 21.0 Å². The molecule has 1 N–H and O–H groups in total. The second-order valence-electron chi connectivity index (χ2n) is 6.39. The van der Waals surface area contributed by atoms with E-state index >= 15 is 0 Å². The zero-order valence-corrected chi connectivity index (χ0v) is 16.4. The summed E-state index contributed by atoms with van der Waals surface area (Å²) < 4.78 is 52.6. The lowest BCUT2D eigenvalue weighted by Gasteiger charge is -2.13. The molecule has 29 heavy (non-hydrogen) atoms. The molecule has 0 aliphatic carbocycles. The van der Waals surface area contributed by atoms with Crippen LogP contribution in [0, 0.1) is 11.6 Å². The van der Waals surface area contributed by atoms with Gasteiger partial charge in [0.15, 0.2) is 5.03 Å². The Morgan fingerprint density at radius 2 is 1.79 bits per heavy atom. The summed E-state index contributed by atoms with van der Waals surface area (Å²) in [5.74, 6) is -1.34. The van der Waals surface area contributed by atoms with Crippen LogP contribution in [0.4, 0.5) is 8.78 Å². The molecule has 4 nitrogen and oxygen atoms in total. The predicted octanol–water partition coefficient (Wildman–Crippen LogP) is 4.81. The Kier molecular flexibility index (Phi) is 6.20. The zero-order valence-electron chi connectivity index (χ0n) is 15.6. The number of aromatic nitrogens is 1. The molecule has 0 amide bonds. The molecule has 0 saturated carbocycles. The van der Waals surface area contributed by atoms with Gasteiger partial charge in [0.2, 0.25) is 9.84 Å². The maximum atomic E-state index is 13.7. The van der Waals surface area contributed by atoms with Gasteiger partial charge in [-0.25, -0.2) is 22.2 Å². The molecule has 0 spiro atoms. The van der Waals surface area contributed by atoms with Gasteiger partial charge < -0.3 is 5.11 Å². The summed E-state index contributed by atoms with van der Waals surface area (Å²) in [6, 6.07) is 12.4. The third-order valence-corrected chi connectivity index (χ3v) is 6.15. The van der Waals surface area contributed by atoms with Crippen molar-refractivity contribution in [3.8, 4) is 0 Å². The van der Waals surface area contributed by atoms with Crippen molar-refractivity contribution in [2.24, 2.45) is 0 Å². The van der Waals surface area contributed by atoms with Crippen molar-refractivity contribution in [3.63, 3.8) is 0 Å². The average molecular weight is 415 g/mol. The standard InChI is InChI=1S/C22H19F2NO3S/c1-2-21(26)19-4-3-13-25-22(19)29(27,28)18-11-6-15(7-12-18)5-8-16-9-10-17(23)14-20(16)24/h3-14,21,26H,2H2,1H3/b8-5+. The molecule has 0 radical (unpaired) electrons. The lowest BCUT2D eigenvalue weighted by molar-refractivity contribution is 0.169. The number of sulfone groups is 1. The van der Waals surface area contributed by atoms with Crippen LogP contribution < -0.4 is 0 Å². The van der Waals surface area contributed by atoms with Gasteiger partial charge in [-0.05, 0) is 42.3 Å².